The van der Waals surface area contributed by atoms with E-state index in [1.807, 2.05) is 48.5 Å². The molecule has 2 heterocycles. The van der Waals surface area contributed by atoms with Gasteiger partial charge in [0, 0.05) is 30.1 Å². The van der Waals surface area contributed by atoms with E-state index in [9.17, 15) is 19.5 Å². The second-order valence-corrected chi connectivity index (χ2v) is 8.45. The highest BCUT2D eigenvalue weighted by molar-refractivity contribution is 6.10. The Hall–Kier alpha value is -3.74. The number of nitrogens with one attached hydrogen (secondary N) is 1. The van der Waals surface area contributed by atoms with Crippen molar-refractivity contribution in [2.75, 3.05) is 0 Å². The fourth-order valence-corrected chi connectivity index (χ4v) is 5.90. The lowest BCUT2D eigenvalue weighted by atomic mass is 9.55. The number of carboxylic acid groups (broad SMARTS) is 1. The van der Waals surface area contributed by atoms with Crippen LogP contribution in [-0.4, -0.2) is 43.8 Å². The molecule has 0 spiro atoms. The maximum Gasteiger partial charge on any atom is 0.327 e. The highest BCUT2D eigenvalue weighted by Crippen LogP contribution is 2.61. The van der Waals surface area contributed by atoms with E-state index in [4.69, 9.17) is 0 Å². The molecule has 0 saturated carbocycles. The standard InChI is InChI=1S/C24H19N3O4/c28-22-20-18-13-5-1-2-6-14(13)19(16-8-4-3-7-15(16)18)21(20)23(29)27(22)17(24(30)31)9-12-10-25-11-26-12/h1-8,10-11,17-21H,9H2,(H,25,26)(H,30,31)/t17-,18?,19?,20+,21+/m0/s1. The van der Waals surface area contributed by atoms with Crippen molar-refractivity contribution in [3.8, 4) is 0 Å². The Morgan fingerprint density at radius 1 is 0.935 bits per heavy atom. The predicted molar refractivity (Wildman–Crippen MR) is 109 cm³/mol. The summed E-state index contributed by atoms with van der Waals surface area (Å²) < 4.78 is 0. The first-order valence-electron chi connectivity index (χ1n) is 10.3. The molecule has 3 aromatic rings. The molecule has 3 atom stereocenters. The number of imide groups is 1. The van der Waals surface area contributed by atoms with Gasteiger partial charge in [0.05, 0.1) is 18.2 Å². The minimum Gasteiger partial charge on any atom is -0.480 e. The molecule has 2 bridgehead atoms. The van der Waals surface area contributed by atoms with Gasteiger partial charge >= 0.3 is 5.97 Å². The molecule has 7 rings (SSSR count). The summed E-state index contributed by atoms with van der Waals surface area (Å²) in [5, 5.41) is 9.92. The van der Waals surface area contributed by atoms with E-state index in [1.165, 1.54) is 12.5 Å². The average molecular weight is 413 g/mol. The van der Waals surface area contributed by atoms with Crippen molar-refractivity contribution in [2.24, 2.45) is 11.8 Å². The largest absolute Gasteiger partial charge is 0.480 e. The van der Waals surface area contributed by atoms with Gasteiger partial charge in [-0.2, -0.15) is 0 Å². The summed E-state index contributed by atoms with van der Waals surface area (Å²) in [7, 11) is 0. The van der Waals surface area contributed by atoms with Crippen LogP contribution >= 0.6 is 0 Å². The predicted octanol–water partition coefficient (Wildman–Crippen LogP) is 2.30. The number of hydrogen-bond donors (Lipinski definition) is 2. The number of H-pyrrole nitrogens is 1. The van der Waals surface area contributed by atoms with Gasteiger partial charge in [-0.25, -0.2) is 9.78 Å². The summed E-state index contributed by atoms with van der Waals surface area (Å²) in [5.74, 6) is -3.62. The zero-order chi connectivity index (χ0) is 21.3. The molecule has 0 unspecified atom stereocenters. The van der Waals surface area contributed by atoms with Gasteiger partial charge in [-0.1, -0.05) is 48.5 Å². The molecule has 2 amide bonds. The molecule has 4 aliphatic rings. The number of aromatic amines is 1. The van der Waals surface area contributed by atoms with E-state index in [0.29, 0.717) is 5.69 Å². The average Bonchev–Trinajstić information content (AvgIpc) is 3.39. The summed E-state index contributed by atoms with van der Waals surface area (Å²) in [6.07, 6.45) is 2.97. The quantitative estimate of drug-likeness (QED) is 0.639. The number of amides is 2. The molecule has 3 aliphatic carbocycles. The topological polar surface area (TPSA) is 103 Å². The lowest BCUT2D eigenvalue weighted by molar-refractivity contribution is -0.155. The van der Waals surface area contributed by atoms with Crippen LogP contribution < -0.4 is 0 Å². The monoisotopic (exact) mass is 413 g/mol. The highest BCUT2D eigenvalue weighted by Gasteiger charge is 2.63. The molecule has 31 heavy (non-hydrogen) atoms. The minimum absolute atomic E-state index is 0.00147. The van der Waals surface area contributed by atoms with Crippen molar-refractivity contribution >= 4 is 17.8 Å². The highest BCUT2D eigenvalue weighted by atomic mass is 16.4. The van der Waals surface area contributed by atoms with Crippen LogP contribution in [0.1, 0.15) is 39.8 Å². The second kappa shape index (κ2) is 6.38. The van der Waals surface area contributed by atoms with Crippen molar-refractivity contribution in [2.45, 2.75) is 24.3 Å². The second-order valence-electron chi connectivity index (χ2n) is 8.45. The van der Waals surface area contributed by atoms with E-state index < -0.39 is 23.8 Å². The summed E-state index contributed by atoms with van der Waals surface area (Å²) in [5.41, 5.74) is 4.83. The number of likely N-dealkylation sites (tertiary alicyclic amines) is 1. The fraction of sp³-hybridized carbons (Fsp3) is 0.250. The molecule has 0 radical (unpaired) electrons. The Bertz CT molecular complexity index is 1120. The number of carbonyl (C=O) groups excluding carboxylic acids is 2. The Kier molecular flexibility index (Phi) is 3.72. The first-order chi connectivity index (χ1) is 15.1. The number of hydrogen-bond acceptors (Lipinski definition) is 4. The zero-order valence-electron chi connectivity index (χ0n) is 16.4. The molecular formula is C24H19N3O4. The van der Waals surface area contributed by atoms with Gasteiger partial charge in [-0.15, -0.1) is 0 Å². The number of nitrogens with zero attached hydrogens (tertiary/aromatic N) is 2. The van der Waals surface area contributed by atoms with E-state index in [1.54, 1.807) is 0 Å². The third-order valence-electron chi connectivity index (χ3n) is 7.05. The van der Waals surface area contributed by atoms with Crippen LogP contribution in [0.15, 0.2) is 61.1 Å². The Balaban J connectivity index is 1.49. The first kappa shape index (κ1) is 18.1. The van der Waals surface area contributed by atoms with Crippen LogP contribution in [-0.2, 0) is 20.8 Å². The number of carbonyl (C=O) groups is 3. The van der Waals surface area contributed by atoms with Crippen molar-refractivity contribution in [3.63, 3.8) is 0 Å². The van der Waals surface area contributed by atoms with Gasteiger partial charge in [-0.3, -0.25) is 14.5 Å². The number of rotatable bonds is 4. The molecule has 7 nitrogen and oxygen atoms in total. The van der Waals surface area contributed by atoms with Crippen LogP contribution in [0.25, 0.3) is 0 Å². The van der Waals surface area contributed by atoms with Gasteiger partial charge in [0.2, 0.25) is 11.8 Å². The maximum absolute atomic E-state index is 13.6. The molecule has 1 fully saturated rings. The normalized spacial score (nSPS) is 26.4. The number of benzene rings is 2. The molecule has 154 valence electrons. The van der Waals surface area contributed by atoms with E-state index in [0.717, 1.165) is 27.2 Å². The number of carboxylic acids is 1. The third-order valence-corrected chi connectivity index (χ3v) is 7.05. The lowest BCUT2D eigenvalue weighted by Gasteiger charge is -2.45. The van der Waals surface area contributed by atoms with Gasteiger partial charge in [-0.05, 0) is 22.3 Å². The SMILES string of the molecule is O=C(O)[C@H](Cc1cnc[nH]1)N1C(=O)[C@@H]2C3c4ccccc4C(c4ccccc43)[C@H]2C1=O. The van der Waals surface area contributed by atoms with Crippen LogP contribution in [0, 0.1) is 11.8 Å². The third kappa shape index (κ3) is 2.34. The molecule has 7 heteroatoms. The first-order valence-corrected chi connectivity index (χ1v) is 10.3. The van der Waals surface area contributed by atoms with Crippen molar-refractivity contribution in [1.82, 2.24) is 14.9 Å². The van der Waals surface area contributed by atoms with Crippen LogP contribution in [0.2, 0.25) is 0 Å². The summed E-state index contributed by atoms with van der Waals surface area (Å²) >= 11 is 0. The number of aromatic nitrogens is 2. The molecule has 2 N–H and O–H groups in total. The minimum atomic E-state index is -1.27. The maximum atomic E-state index is 13.6. The smallest absolute Gasteiger partial charge is 0.327 e. The molecular weight excluding hydrogens is 394 g/mol. The molecule has 1 saturated heterocycles. The van der Waals surface area contributed by atoms with Gasteiger partial charge in [0.1, 0.15) is 6.04 Å². The van der Waals surface area contributed by atoms with Gasteiger partial charge in [0.25, 0.3) is 0 Å². The van der Waals surface area contributed by atoms with E-state index >= 15 is 0 Å². The fourth-order valence-electron chi connectivity index (χ4n) is 5.90. The van der Waals surface area contributed by atoms with E-state index in [-0.39, 0.29) is 30.1 Å². The molecule has 2 aromatic carbocycles. The van der Waals surface area contributed by atoms with Crippen LogP contribution in [0.5, 0.6) is 0 Å². The Labute approximate surface area is 177 Å². The lowest BCUT2D eigenvalue weighted by Crippen LogP contribution is -2.47. The molecule has 1 aromatic heterocycles. The number of imidazole rings is 1. The van der Waals surface area contributed by atoms with Crippen molar-refractivity contribution in [1.29, 1.82) is 0 Å². The van der Waals surface area contributed by atoms with Crippen molar-refractivity contribution in [3.05, 3.63) is 89.0 Å². The van der Waals surface area contributed by atoms with E-state index in [2.05, 4.69) is 9.97 Å². The van der Waals surface area contributed by atoms with Gasteiger partial charge < -0.3 is 10.1 Å². The molecule has 1 aliphatic heterocycles. The van der Waals surface area contributed by atoms with Crippen molar-refractivity contribution < 1.29 is 19.5 Å². The Morgan fingerprint density at radius 2 is 1.42 bits per heavy atom. The number of aliphatic carboxylic acids is 1. The Morgan fingerprint density at radius 3 is 1.81 bits per heavy atom. The van der Waals surface area contributed by atoms with Crippen LogP contribution in [0.3, 0.4) is 0 Å². The summed E-state index contributed by atoms with van der Waals surface area (Å²) in [4.78, 5) is 47.3. The summed E-state index contributed by atoms with van der Waals surface area (Å²) in [6, 6.07) is 14.7. The van der Waals surface area contributed by atoms with Crippen LogP contribution in [0.4, 0.5) is 0 Å². The van der Waals surface area contributed by atoms with Gasteiger partial charge in [0.15, 0.2) is 0 Å². The summed E-state index contributed by atoms with van der Waals surface area (Å²) in [6.45, 7) is 0. The zero-order valence-corrected chi connectivity index (χ0v) is 16.4.